The summed E-state index contributed by atoms with van der Waals surface area (Å²) in [6, 6.07) is 8.66. The Morgan fingerprint density at radius 1 is 1.33 bits per heavy atom. The molecule has 0 bridgehead atoms. The van der Waals surface area contributed by atoms with Gasteiger partial charge in [0.25, 0.3) is 0 Å². The molecular formula is C15H24N2O. The predicted octanol–water partition coefficient (Wildman–Crippen LogP) is 2.00. The first kappa shape index (κ1) is 13.4. The molecule has 1 heterocycles. The zero-order valence-corrected chi connectivity index (χ0v) is 11.4. The van der Waals surface area contributed by atoms with E-state index in [-0.39, 0.29) is 6.10 Å². The Kier molecular flexibility index (Phi) is 4.61. The van der Waals surface area contributed by atoms with Gasteiger partial charge in [-0.3, -0.25) is 0 Å². The van der Waals surface area contributed by atoms with Crippen LogP contribution in [0.25, 0.3) is 0 Å². The number of piperidine rings is 1. The van der Waals surface area contributed by atoms with E-state index < -0.39 is 0 Å². The van der Waals surface area contributed by atoms with Crippen LogP contribution in [0.15, 0.2) is 24.3 Å². The summed E-state index contributed by atoms with van der Waals surface area (Å²) in [6.45, 7) is 7.97. The second-order valence-electron chi connectivity index (χ2n) is 5.23. The van der Waals surface area contributed by atoms with Gasteiger partial charge in [0.05, 0.1) is 6.10 Å². The summed E-state index contributed by atoms with van der Waals surface area (Å²) >= 11 is 0. The Labute approximate surface area is 110 Å². The quantitative estimate of drug-likeness (QED) is 0.855. The average molecular weight is 248 g/mol. The third-order valence-corrected chi connectivity index (χ3v) is 3.80. The maximum atomic E-state index is 9.93. The van der Waals surface area contributed by atoms with Crippen molar-refractivity contribution in [1.82, 2.24) is 5.32 Å². The van der Waals surface area contributed by atoms with E-state index in [1.54, 1.807) is 0 Å². The molecule has 3 nitrogen and oxygen atoms in total. The van der Waals surface area contributed by atoms with Crippen LogP contribution < -0.4 is 10.2 Å². The highest BCUT2D eigenvalue weighted by atomic mass is 16.3. The standard InChI is InChI=1S/C15H24N2O/c1-3-16-10-13-4-6-14(7-5-13)17-9-8-12(2)15(18)11-17/h4-7,12,15-16,18H,3,8-11H2,1-2H3. The molecule has 0 amide bonds. The number of benzene rings is 1. The molecule has 3 heteroatoms. The van der Waals surface area contributed by atoms with E-state index in [9.17, 15) is 5.11 Å². The Morgan fingerprint density at radius 2 is 2.06 bits per heavy atom. The zero-order valence-electron chi connectivity index (χ0n) is 11.4. The molecule has 100 valence electrons. The summed E-state index contributed by atoms with van der Waals surface area (Å²) < 4.78 is 0. The Bertz CT molecular complexity index is 363. The number of hydrogen-bond donors (Lipinski definition) is 2. The van der Waals surface area contributed by atoms with Crippen LogP contribution in [0.5, 0.6) is 0 Å². The predicted molar refractivity (Wildman–Crippen MR) is 75.8 cm³/mol. The Balaban J connectivity index is 1.97. The van der Waals surface area contributed by atoms with Crippen molar-refractivity contribution in [3.63, 3.8) is 0 Å². The first-order chi connectivity index (χ1) is 8.70. The first-order valence-electron chi connectivity index (χ1n) is 6.93. The van der Waals surface area contributed by atoms with Crippen LogP contribution in [0.1, 0.15) is 25.8 Å². The molecule has 2 unspecified atom stereocenters. The van der Waals surface area contributed by atoms with E-state index in [0.717, 1.165) is 32.6 Å². The van der Waals surface area contributed by atoms with E-state index >= 15 is 0 Å². The second-order valence-corrected chi connectivity index (χ2v) is 5.23. The molecule has 0 spiro atoms. The molecule has 1 aliphatic rings. The molecule has 18 heavy (non-hydrogen) atoms. The molecule has 1 aromatic carbocycles. The summed E-state index contributed by atoms with van der Waals surface area (Å²) in [6.07, 6.45) is 0.875. The van der Waals surface area contributed by atoms with Gasteiger partial charge in [-0.1, -0.05) is 26.0 Å². The van der Waals surface area contributed by atoms with Crippen molar-refractivity contribution < 1.29 is 5.11 Å². The fourth-order valence-corrected chi connectivity index (χ4v) is 2.38. The summed E-state index contributed by atoms with van der Waals surface area (Å²) in [5.74, 6) is 0.425. The van der Waals surface area contributed by atoms with Crippen LogP contribution in [0.4, 0.5) is 5.69 Å². The highest BCUT2D eigenvalue weighted by molar-refractivity contribution is 5.48. The van der Waals surface area contributed by atoms with Gasteiger partial charge in [-0.2, -0.15) is 0 Å². The molecule has 1 fully saturated rings. The molecule has 2 N–H and O–H groups in total. The van der Waals surface area contributed by atoms with Crippen LogP contribution >= 0.6 is 0 Å². The SMILES string of the molecule is CCNCc1ccc(N2CCC(C)C(O)C2)cc1. The van der Waals surface area contributed by atoms with Gasteiger partial charge in [-0.25, -0.2) is 0 Å². The molecule has 0 aromatic heterocycles. The van der Waals surface area contributed by atoms with Crippen LogP contribution in [0, 0.1) is 5.92 Å². The van der Waals surface area contributed by atoms with Crippen molar-refractivity contribution >= 4 is 5.69 Å². The van der Waals surface area contributed by atoms with E-state index in [1.807, 2.05) is 0 Å². The molecule has 1 aromatic rings. The molecule has 0 saturated carbocycles. The van der Waals surface area contributed by atoms with Crippen LogP contribution in [0.3, 0.4) is 0 Å². The van der Waals surface area contributed by atoms with Crippen molar-refractivity contribution in [2.45, 2.75) is 32.9 Å². The molecule has 0 aliphatic carbocycles. The number of aliphatic hydroxyl groups excluding tert-OH is 1. The smallest absolute Gasteiger partial charge is 0.0741 e. The number of nitrogens with zero attached hydrogens (tertiary/aromatic N) is 1. The number of β-amino-alcohol motifs (C(OH)–C–C–N with tert-alkyl or cyclic N) is 1. The molecule has 0 radical (unpaired) electrons. The maximum Gasteiger partial charge on any atom is 0.0741 e. The summed E-state index contributed by atoms with van der Waals surface area (Å²) in [5, 5.41) is 13.3. The minimum absolute atomic E-state index is 0.194. The van der Waals surface area contributed by atoms with Crippen molar-refractivity contribution in [2.24, 2.45) is 5.92 Å². The maximum absolute atomic E-state index is 9.93. The Morgan fingerprint density at radius 3 is 2.67 bits per heavy atom. The van der Waals surface area contributed by atoms with Gasteiger partial charge in [0, 0.05) is 25.3 Å². The third-order valence-electron chi connectivity index (χ3n) is 3.80. The number of anilines is 1. The second kappa shape index (κ2) is 6.21. The minimum atomic E-state index is -0.194. The fraction of sp³-hybridized carbons (Fsp3) is 0.600. The minimum Gasteiger partial charge on any atom is -0.391 e. The Hall–Kier alpha value is -1.06. The zero-order chi connectivity index (χ0) is 13.0. The molecular weight excluding hydrogens is 224 g/mol. The van der Waals surface area contributed by atoms with Gasteiger partial charge >= 0.3 is 0 Å². The lowest BCUT2D eigenvalue weighted by molar-refractivity contribution is 0.103. The molecule has 1 aliphatic heterocycles. The van der Waals surface area contributed by atoms with Gasteiger partial charge in [0.1, 0.15) is 0 Å². The lowest BCUT2D eigenvalue weighted by atomic mass is 9.95. The van der Waals surface area contributed by atoms with E-state index in [1.165, 1.54) is 11.3 Å². The van der Waals surface area contributed by atoms with E-state index in [2.05, 4.69) is 48.3 Å². The summed E-state index contributed by atoms with van der Waals surface area (Å²) in [7, 11) is 0. The lowest BCUT2D eigenvalue weighted by Crippen LogP contribution is -2.42. The number of aliphatic hydroxyl groups is 1. The van der Waals surface area contributed by atoms with Gasteiger partial charge in [-0.15, -0.1) is 0 Å². The average Bonchev–Trinajstić information content (AvgIpc) is 2.40. The molecule has 2 rings (SSSR count). The van der Waals surface area contributed by atoms with Crippen LogP contribution in [0.2, 0.25) is 0 Å². The number of rotatable bonds is 4. The van der Waals surface area contributed by atoms with Crippen LogP contribution in [-0.4, -0.2) is 30.8 Å². The normalized spacial score (nSPS) is 24.3. The van der Waals surface area contributed by atoms with Crippen LogP contribution in [-0.2, 0) is 6.54 Å². The van der Waals surface area contributed by atoms with Gasteiger partial charge in [0.2, 0.25) is 0 Å². The van der Waals surface area contributed by atoms with Crippen molar-refractivity contribution in [1.29, 1.82) is 0 Å². The van der Waals surface area contributed by atoms with E-state index in [4.69, 9.17) is 0 Å². The summed E-state index contributed by atoms with van der Waals surface area (Å²) in [4.78, 5) is 2.28. The topological polar surface area (TPSA) is 35.5 Å². The number of nitrogens with one attached hydrogen (secondary N) is 1. The largest absolute Gasteiger partial charge is 0.391 e. The first-order valence-corrected chi connectivity index (χ1v) is 6.93. The van der Waals surface area contributed by atoms with Crippen molar-refractivity contribution in [2.75, 3.05) is 24.5 Å². The highest BCUT2D eigenvalue weighted by Crippen LogP contribution is 2.23. The third kappa shape index (κ3) is 3.24. The highest BCUT2D eigenvalue weighted by Gasteiger charge is 2.24. The van der Waals surface area contributed by atoms with Gasteiger partial charge in [-0.05, 0) is 36.6 Å². The molecule has 2 atom stereocenters. The summed E-state index contributed by atoms with van der Waals surface area (Å²) in [5.41, 5.74) is 2.53. The van der Waals surface area contributed by atoms with Crippen molar-refractivity contribution in [3.8, 4) is 0 Å². The monoisotopic (exact) mass is 248 g/mol. The molecule has 1 saturated heterocycles. The van der Waals surface area contributed by atoms with Crippen molar-refractivity contribution in [3.05, 3.63) is 29.8 Å². The fourth-order valence-electron chi connectivity index (χ4n) is 2.38. The van der Waals surface area contributed by atoms with Gasteiger partial charge in [0.15, 0.2) is 0 Å². The van der Waals surface area contributed by atoms with Gasteiger partial charge < -0.3 is 15.3 Å². The van der Waals surface area contributed by atoms with E-state index in [0.29, 0.717) is 5.92 Å². The lowest BCUT2D eigenvalue weighted by Gasteiger charge is -2.35. The number of hydrogen-bond acceptors (Lipinski definition) is 3.